The average Bonchev–Trinajstić information content (AvgIpc) is 2.84. The van der Waals surface area contributed by atoms with Gasteiger partial charge in [-0.2, -0.15) is 0 Å². The Kier molecular flexibility index (Phi) is 8.20. The Hall–Kier alpha value is -4.37. The molecule has 1 atom stereocenters. The topological polar surface area (TPSA) is 145 Å². The molecule has 176 valence electrons. The van der Waals surface area contributed by atoms with Crippen LogP contribution in [-0.2, 0) is 33.9 Å². The van der Waals surface area contributed by atoms with E-state index in [9.17, 15) is 24.6 Å². The second-order valence-corrected chi connectivity index (χ2v) is 7.28. The molecule has 0 heterocycles. The summed E-state index contributed by atoms with van der Waals surface area (Å²) in [5.74, 6) is -3.26. The highest BCUT2D eigenvalue weighted by Crippen LogP contribution is 2.34. The molecule has 0 saturated carbocycles. The standard InChI is InChI=1S/C25H23NO8/c26-19(23(28)29)13-18-11-12-20(27)22(34-25(31)33-15-17-9-5-2-6-10-17)21(18)24(30)32-14-16-7-3-1-4-8-16/h1-12,19,27H,13-15,26H2,(H,28,29)/t19-/m0/s1. The number of phenolic OH excluding ortho intramolecular Hbond substituents is 1. The number of carboxylic acid groups (broad SMARTS) is 1. The van der Waals surface area contributed by atoms with Crippen LogP contribution in [0, 0.1) is 0 Å². The number of hydrogen-bond donors (Lipinski definition) is 3. The first-order valence-electron chi connectivity index (χ1n) is 10.3. The van der Waals surface area contributed by atoms with Crippen molar-refractivity contribution >= 4 is 18.1 Å². The smallest absolute Gasteiger partial charge is 0.504 e. The molecule has 0 radical (unpaired) electrons. The third-order valence-electron chi connectivity index (χ3n) is 4.78. The lowest BCUT2D eigenvalue weighted by atomic mass is 9.99. The SMILES string of the molecule is N[C@@H](Cc1ccc(O)c(OC(=O)OCc2ccccc2)c1C(=O)OCc1ccccc1)C(=O)O. The number of hydrogen-bond acceptors (Lipinski definition) is 8. The van der Waals surface area contributed by atoms with E-state index in [0.717, 1.165) is 6.07 Å². The number of esters is 1. The lowest BCUT2D eigenvalue weighted by Gasteiger charge is -2.16. The largest absolute Gasteiger partial charge is 0.514 e. The van der Waals surface area contributed by atoms with Crippen molar-refractivity contribution in [3.8, 4) is 11.5 Å². The van der Waals surface area contributed by atoms with Crippen LogP contribution in [0.5, 0.6) is 11.5 Å². The Morgan fingerprint density at radius 2 is 1.38 bits per heavy atom. The van der Waals surface area contributed by atoms with Crippen LogP contribution < -0.4 is 10.5 Å². The average molecular weight is 465 g/mol. The predicted octanol–water partition coefficient (Wildman–Crippen LogP) is 3.42. The van der Waals surface area contributed by atoms with Crippen molar-refractivity contribution in [1.29, 1.82) is 0 Å². The molecule has 34 heavy (non-hydrogen) atoms. The number of benzene rings is 3. The number of nitrogens with two attached hydrogens (primary N) is 1. The molecule has 9 heteroatoms. The lowest BCUT2D eigenvalue weighted by molar-refractivity contribution is -0.138. The molecule has 0 aliphatic rings. The number of carboxylic acids is 1. The molecule has 0 amide bonds. The van der Waals surface area contributed by atoms with E-state index < -0.39 is 35.6 Å². The van der Waals surface area contributed by atoms with Gasteiger partial charge in [-0.3, -0.25) is 4.79 Å². The van der Waals surface area contributed by atoms with E-state index in [1.807, 2.05) is 0 Å². The van der Waals surface area contributed by atoms with Gasteiger partial charge >= 0.3 is 18.1 Å². The molecule has 4 N–H and O–H groups in total. The molecule has 0 aliphatic heterocycles. The first-order chi connectivity index (χ1) is 16.3. The van der Waals surface area contributed by atoms with Gasteiger partial charge in [0.05, 0.1) is 0 Å². The first-order valence-corrected chi connectivity index (χ1v) is 10.3. The molecule has 0 aliphatic carbocycles. The minimum Gasteiger partial charge on any atom is -0.504 e. The Balaban J connectivity index is 1.85. The van der Waals surface area contributed by atoms with Crippen LogP contribution in [-0.4, -0.2) is 34.3 Å². The van der Waals surface area contributed by atoms with Gasteiger partial charge in [-0.05, 0) is 29.2 Å². The minimum atomic E-state index is -1.34. The van der Waals surface area contributed by atoms with E-state index in [-0.39, 0.29) is 30.8 Å². The van der Waals surface area contributed by atoms with Gasteiger partial charge in [-0.1, -0.05) is 66.7 Å². The summed E-state index contributed by atoms with van der Waals surface area (Å²) in [4.78, 5) is 36.5. The van der Waals surface area contributed by atoms with Crippen molar-refractivity contribution < 1.29 is 38.8 Å². The summed E-state index contributed by atoms with van der Waals surface area (Å²) in [5, 5.41) is 19.5. The molecule has 0 saturated heterocycles. The van der Waals surface area contributed by atoms with E-state index in [4.69, 9.17) is 19.9 Å². The summed E-state index contributed by atoms with van der Waals surface area (Å²) in [6.45, 7) is -0.199. The molecule has 3 rings (SSSR count). The van der Waals surface area contributed by atoms with E-state index >= 15 is 0 Å². The molecule has 0 spiro atoms. The first kappa shape index (κ1) is 24.3. The van der Waals surface area contributed by atoms with Crippen LogP contribution in [0.2, 0.25) is 0 Å². The highest BCUT2D eigenvalue weighted by molar-refractivity contribution is 5.96. The molecular weight excluding hydrogens is 442 g/mol. The fraction of sp³-hybridized carbons (Fsp3) is 0.160. The second kappa shape index (κ2) is 11.5. The number of phenols is 1. The lowest BCUT2D eigenvalue weighted by Crippen LogP contribution is -2.33. The fourth-order valence-corrected chi connectivity index (χ4v) is 3.06. The van der Waals surface area contributed by atoms with E-state index in [1.54, 1.807) is 60.7 Å². The molecule has 0 unspecified atom stereocenters. The maximum absolute atomic E-state index is 13.0. The third-order valence-corrected chi connectivity index (χ3v) is 4.78. The molecule has 3 aromatic rings. The molecular formula is C25H23NO8. The van der Waals surface area contributed by atoms with Crippen LogP contribution in [0.4, 0.5) is 4.79 Å². The third kappa shape index (κ3) is 6.57. The normalized spacial score (nSPS) is 11.3. The number of aromatic hydroxyl groups is 1. The quantitative estimate of drug-likeness (QED) is 0.320. The van der Waals surface area contributed by atoms with E-state index in [2.05, 4.69) is 0 Å². The maximum atomic E-state index is 13.0. The number of carbonyl (C=O) groups is 3. The summed E-state index contributed by atoms with van der Waals surface area (Å²) < 4.78 is 15.6. The van der Waals surface area contributed by atoms with Crippen molar-refractivity contribution in [3.05, 3.63) is 95.1 Å². The van der Waals surface area contributed by atoms with Gasteiger partial charge in [0.1, 0.15) is 24.8 Å². The highest BCUT2D eigenvalue weighted by Gasteiger charge is 2.27. The van der Waals surface area contributed by atoms with Crippen LogP contribution in [0.1, 0.15) is 27.0 Å². The highest BCUT2D eigenvalue weighted by atomic mass is 16.7. The van der Waals surface area contributed by atoms with Gasteiger partial charge in [-0.25, -0.2) is 9.59 Å². The zero-order valence-corrected chi connectivity index (χ0v) is 18.0. The van der Waals surface area contributed by atoms with E-state index in [1.165, 1.54) is 6.07 Å². The Morgan fingerprint density at radius 3 is 1.94 bits per heavy atom. The van der Waals surface area contributed by atoms with Crippen LogP contribution >= 0.6 is 0 Å². The Bertz CT molecular complexity index is 1150. The monoisotopic (exact) mass is 465 g/mol. The van der Waals surface area contributed by atoms with Crippen molar-refractivity contribution in [1.82, 2.24) is 0 Å². The fourth-order valence-electron chi connectivity index (χ4n) is 3.06. The van der Waals surface area contributed by atoms with Crippen molar-refractivity contribution in [2.24, 2.45) is 5.73 Å². The number of ether oxygens (including phenoxy) is 3. The van der Waals surface area contributed by atoms with Crippen LogP contribution in [0.3, 0.4) is 0 Å². The number of aliphatic carboxylic acids is 1. The van der Waals surface area contributed by atoms with Gasteiger partial charge in [-0.15, -0.1) is 0 Å². The zero-order valence-electron chi connectivity index (χ0n) is 18.0. The van der Waals surface area contributed by atoms with E-state index in [0.29, 0.717) is 11.1 Å². The van der Waals surface area contributed by atoms with Gasteiger partial charge in [0, 0.05) is 0 Å². The van der Waals surface area contributed by atoms with Gasteiger partial charge in [0.2, 0.25) is 0 Å². The summed E-state index contributed by atoms with van der Waals surface area (Å²) >= 11 is 0. The van der Waals surface area contributed by atoms with Crippen molar-refractivity contribution in [3.63, 3.8) is 0 Å². The Morgan fingerprint density at radius 1 is 0.824 bits per heavy atom. The number of rotatable bonds is 9. The van der Waals surface area contributed by atoms with Crippen molar-refractivity contribution in [2.75, 3.05) is 0 Å². The zero-order chi connectivity index (χ0) is 24.5. The second-order valence-electron chi connectivity index (χ2n) is 7.28. The van der Waals surface area contributed by atoms with Gasteiger partial charge in [0.15, 0.2) is 11.5 Å². The predicted molar refractivity (Wildman–Crippen MR) is 120 cm³/mol. The summed E-state index contributed by atoms with van der Waals surface area (Å²) in [6.07, 6.45) is -1.45. The number of carbonyl (C=O) groups excluding carboxylic acids is 2. The maximum Gasteiger partial charge on any atom is 0.514 e. The molecule has 9 nitrogen and oxygen atoms in total. The molecule has 3 aromatic carbocycles. The van der Waals surface area contributed by atoms with Gasteiger partial charge < -0.3 is 30.2 Å². The minimum absolute atomic E-state index is 0.0994. The van der Waals surface area contributed by atoms with Crippen molar-refractivity contribution in [2.45, 2.75) is 25.7 Å². The summed E-state index contributed by atoms with van der Waals surface area (Å²) in [7, 11) is 0. The van der Waals surface area contributed by atoms with Crippen LogP contribution in [0.25, 0.3) is 0 Å². The van der Waals surface area contributed by atoms with Crippen LogP contribution in [0.15, 0.2) is 72.8 Å². The molecule has 0 aromatic heterocycles. The van der Waals surface area contributed by atoms with Gasteiger partial charge in [0.25, 0.3) is 0 Å². The molecule has 0 fully saturated rings. The molecule has 0 bridgehead atoms. The summed E-state index contributed by atoms with van der Waals surface area (Å²) in [6, 6.07) is 18.8. The Labute approximate surface area is 195 Å². The summed E-state index contributed by atoms with van der Waals surface area (Å²) in [5.41, 5.74) is 6.84.